The Morgan fingerprint density at radius 2 is 1.68 bits per heavy atom. The molecule has 1 aromatic heterocycles. The molecule has 3 heteroatoms. The highest BCUT2D eigenvalue weighted by atomic mass is 32.2. The van der Waals surface area contributed by atoms with Gasteiger partial charge in [-0.05, 0) is 24.3 Å². The Labute approximate surface area is 119 Å². The number of para-hydroxylation sites is 1. The summed E-state index contributed by atoms with van der Waals surface area (Å²) >= 11 is 1.84. The molecule has 19 heavy (non-hydrogen) atoms. The van der Waals surface area contributed by atoms with Gasteiger partial charge < -0.3 is 4.90 Å². The second-order valence-electron chi connectivity index (χ2n) is 5.46. The number of rotatable bonds is 3. The van der Waals surface area contributed by atoms with Crippen molar-refractivity contribution in [2.75, 3.05) is 11.9 Å². The predicted octanol–water partition coefficient (Wildman–Crippen LogP) is 4.74. The Kier molecular flexibility index (Phi) is 4.15. The number of nitrogens with zero attached hydrogens (tertiary/aromatic N) is 2. The van der Waals surface area contributed by atoms with Crippen molar-refractivity contribution in [1.29, 1.82) is 0 Å². The summed E-state index contributed by atoms with van der Waals surface area (Å²) in [5.41, 5.74) is 1.14. The Morgan fingerprint density at radius 3 is 2.21 bits per heavy atom. The molecule has 2 nitrogen and oxygen atoms in total. The number of aromatic nitrogens is 1. The van der Waals surface area contributed by atoms with Crippen LogP contribution in [0, 0.1) is 0 Å². The standard InChI is InChI=1S/C16H20N2S/c1-16(2,3)19-14-10-11-15(17-12-14)18(4)13-8-6-5-7-9-13/h5-12H,1-4H3. The third-order valence-electron chi connectivity index (χ3n) is 2.63. The number of thioether (sulfide) groups is 1. The average Bonchev–Trinajstić information content (AvgIpc) is 2.38. The summed E-state index contributed by atoms with van der Waals surface area (Å²) in [5, 5.41) is 0. The van der Waals surface area contributed by atoms with Crippen molar-refractivity contribution in [1.82, 2.24) is 4.98 Å². The maximum atomic E-state index is 4.54. The van der Waals surface area contributed by atoms with Crippen molar-refractivity contribution < 1.29 is 0 Å². The van der Waals surface area contributed by atoms with E-state index in [1.54, 1.807) is 0 Å². The molecule has 0 aliphatic rings. The van der Waals surface area contributed by atoms with Crippen LogP contribution >= 0.6 is 11.8 Å². The van der Waals surface area contributed by atoms with Crippen LogP contribution < -0.4 is 4.90 Å². The monoisotopic (exact) mass is 272 g/mol. The first-order chi connectivity index (χ1) is 8.96. The Bertz CT molecular complexity index is 515. The van der Waals surface area contributed by atoms with Gasteiger partial charge in [0, 0.05) is 28.6 Å². The van der Waals surface area contributed by atoms with Crippen LogP contribution in [-0.4, -0.2) is 16.8 Å². The maximum absolute atomic E-state index is 4.54. The zero-order chi connectivity index (χ0) is 13.9. The van der Waals surface area contributed by atoms with Gasteiger partial charge in [-0.25, -0.2) is 4.98 Å². The van der Waals surface area contributed by atoms with Crippen LogP contribution in [0.15, 0.2) is 53.6 Å². The molecule has 100 valence electrons. The normalized spacial score (nSPS) is 11.4. The van der Waals surface area contributed by atoms with Gasteiger partial charge in [0.05, 0.1) is 0 Å². The molecular formula is C16H20N2S. The van der Waals surface area contributed by atoms with Gasteiger partial charge in [0.25, 0.3) is 0 Å². The summed E-state index contributed by atoms with van der Waals surface area (Å²) in [6, 6.07) is 14.5. The van der Waals surface area contributed by atoms with Crippen molar-refractivity contribution >= 4 is 23.3 Å². The SMILES string of the molecule is CN(c1ccccc1)c1ccc(SC(C)(C)C)cn1. The molecule has 0 radical (unpaired) electrons. The third-order valence-corrected chi connectivity index (χ3v) is 3.72. The summed E-state index contributed by atoms with van der Waals surface area (Å²) in [4.78, 5) is 7.84. The van der Waals surface area contributed by atoms with Crippen molar-refractivity contribution in [3.05, 3.63) is 48.7 Å². The molecule has 0 unspecified atom stereocenters. The van der Waals surface area contributed by atoms with E-state index in [0.717, 1.165) is 11.5 Å². The lowest BCUT2D eigenvalue weighted by molar-refractivity contribution is 0.802. The van der Waals surface area contributed by atoms with Crippen molar-refractivity contribution in [2.24, 2.45) is 0 Å². The first-order valence-electron chi connectivity index (χ1n) is 6.39. The fourth-order valence-electron chi connectivity index (χ4n) is 1.77. The number of anilines is 2. The highest BCUT2D eigenvalue weighted by molar-refractivity contribution is 8.00. The van der Waals surface area contributed by atoms with E-state index < -0.39 is 0 Å². The minimum atomic E-state index is 0.217. The molecule has 2 rings (SSSR count). The maximum Gasteiger partial charge on any atom is 0.132 e. The third kappa shape index (κ3) is 4.00. The van der Waals surface area contributed by atoms with Crippen LogP contribution in [0.5, 0.6) is 0 Å². The molecular weight excluding hydrogens is 252 g/mol. The highest BCUT2D eigenvalue weighted by Crippen LogP contribution is 2.32. The Morgan fingerprint density at radius 1 is 1.00 bits per heavy atom. The lowest BCUT2D eigenvalue weighted by Gasteiger charge is -2.20. The molecule has 0 aliphatic heterocycles. The number of benzene rings is 1. The van der Waals surface area contributed by atoms with Crippen LogP contribution in [0.3, 0.4) is 0 Å². The first kappa shape index (κ1) is 13.9. The summed E-state index contributed by atoms with van der Waals surface area (Å²) < 4.78 is 0.217. The van der Waals surface area contributed by atoms with Gasteiger partial charge in [-0.1, -0.05) is 39.0 Å². The molecule has 0 spiro atoms. The summed E-state index contributed by atoms with van der Waals surface area (Å²) in [6.07, 6.45) is 1.95. The van der Waals surface area contributed by atoms with Crippen LogP contribution in [-0.2, 0) is 0 Å². The van der Waals surface area contributed by atoms with Gasteiger partial charge >= 0.3 is 0 Å². The fourth-order valence-corrected chi connectivity index (χ4v) is 2.72. The van der Waals surface area contributed by atoms with Gasteiger partial charge in [-0.3, -0.25) is 0 Å². The minimum absolute atomic E-state index is 0.217. The van der Waals surface area contributed by atoms with Crippen molar-refractivity contribution in [3.8, 4) is 0 Å². The fraction of sp³-hybridized carbons (Fsp3) is 0.312. The lowest BCUT2D eigenvalue weighted by Crippen LogP contribution is -2.11. The molecule has 0 amide bonds. The Balaban J connectivity index is 2.15. The van der Waals surface area contributed by atoms with Crippen LogP contribution in [0.1, 0.15) is 20.8 Å². The molecule has 0 atom stereocenters. The molecule has 1 aromatic carbocycles. The minimum Gasteiger partial charge on any atom is -0.329 e. The van der Waals surface area contributed by atoms with E-state index >= 15 is 0 Å². The smallest absolute Gasteiger partial charge is 0.132 e. The topological polar surface area (TPSA) is 16.1 Å². The molecule has 0 saturated heterocycles. The van der Waals surface area contributed by atoms with E-state index in [9.17, 15) is 0 Å². The molecule has 2 aromatic rings. The van der Waals surface area contributed by atoms with Gasteiger partial charge in [-0.2, -0.15) is 0 Å². The number of hydrogen-bond acceptors (Lipinski definition) is 3. The zero-order valence-corrected chi connectivity index (χ0v) is 12.7. The zero-order valence-electron chi connectivity index (χ0n) is 11.9. The van der Waals surface area contributed by atoms with Crippen molar-refractivity contribution in [2.45, 2.75) is 30.4 Å². The van der Waals surface area contributed by atoms with Crippen LogP contribution in [0.2, 0.25) is 0 Å². The average molecular weight is 272 g/mol. The van der Waals surface area contributed by atoms with Gasteiger partial charge in [0.1, 0.15) is 5.82 Å². The summed E-state index contributed by atoms with van der Waals surface area (Å²) in [7, 11) is 2.04. The van der Waals surface area contributed by atoms with Crippen molar-refractivity contribution in [3.63, 3.8) is 0 Å². The molecule has 0 bridgehead atoms. The van der Waals surface area contributed by atoms with Crippen LogP contribution in [0.4, 0.5) is 11.5 Å². The summed E-state index contributed by atoms with van der Waals surface area (Å²) in [6.45, 7) is 6.63. The van der Waals surface area contributed by atoms with E-state index in [-0.39, 0.29) is 4.75 Å². The van der Waals surface area contributed by atoms with Gasteiger partial charge in [-0.15, -0.1) is 11.8 Å². The Hall–Kier alpha value is -1.48. The lowest BCUT2D eigenvalue weighted by atomic mass is 10.3. The van der Waals surface area contributed by atoms with E-state index in [0.29, 0.717) is 0 Å². The second-order valence-corrected chi connectivity index (χ2v) is 7.36. The molecule has 0 saturated carbocycles. The largest absolute Gasteiger partial charge is 0.329 e. The molecule has 0 fully saturated rings. The van der Waals surface area contributed by atoms with E-state index in [1.807, 2.05) is 43.2 Å². The van der Waals surface area contributed by atoms with E-state index in [4.69, 9.17) is 0 Å². The number of hydrogen-bond donors (Lipinski definition) is 0. The van der Waals surface area contributed by atoms with E-state index in [1.165, 1.54) is 4.90 Å². The second kappa shape index (κ2) is 5.66. The molecule has 0 aliphatic carbocycles. The molecule has 0 N–H and O–H groups in total. The number of pyridine rings is 1. The molecule has 1 heterocycles. The highest BCUT2D eigenvalue weighted by Gasteiger charge is 2.12. The van der Waals surface area contributed by atoms with E-state index in [2.05, 4.69) is 54.9 Å². The predicted molar refractivity (Wildman–Crippen MR) is 84.4 cm³/mol. The van der Waals surface area contributed by atoms with Gasteiger partial charge in [0.2, 0.25) is 0 Å². The first-order valence-corrected chi connectivity index (χ1v) is 7.21. The van der Waals surface area contributed by atoms with Crippen LogP contribution in [0.25, 0.3) is 0 Å². The summed E-state index contributed by atoms with van der Waals surface area (Å²) in [5.74, 6) is 0.962. The van der Waals surface area contributed by atoms with Gasteiger partial charge in [0.15, 0.2) is 0 Å². The quantitative estimate of drug-likeness (QED) is 0.751.